The van der Waals surface area contributed by atoms with Gasteiger partial charge < -0.3 is 24.4 Å². The maximum Gasteiger partial charge on any atom is 0.229 e. The summed E-state index contributed by atoms with van der Waals surface area (Å²) in [6.07, 6.45) is 0. The van der Waals surface area contributed by atoms with Crippen LogP contribution < -0.4 is 0 Å². The Morgan fingerprint density at radius 1 is 0.620 bits per heavy atom. The van der Waals surface area contributed by atoms with E-state index in [9.17, 15) is 14.7 Å². The summed E-state index contributed by atoms with van der Waals surface area (Å²) in [5, 5.41) is 14.7. The highest BCUT2D eigenvalue weighted by atomic mass is 16.5. The van der Waals surface area contributed by atoms with Crippen LogP contribution in [-0.4, -0.2) is 63.5 Å². The lowest BCUT2D eigenvalue weighted by Crippen LogP contribution is -2.44. The van der Waals surface area contributed by atoms with Crippen LogP contribution in [0.15, 0.2) is 72.8 Å². The lowest BCUT2D eigenvalue weighted by atomic mass is 9.76. The van der Waals surface area contributed by atoms with Gasteiger partial charge in [-0.15, -0.1) is 0 Å². The number of aryl methyl sites for hydroxylation is 1. The smallest absolute Gasteiger partial charge is 0.229 e. The van der Waals surface area contributed by atoms with Gasteiger partial charge in [0.2, 0.25) is 11.8 Å². The molecule has 0 radical (unpaired) electrons. The second-order valence-electron chi connectivity index (χ2n) is 16.4. The third kappa shape index (κ3) is 5.31. The zero-order chi connectivity index (χ0) is 35.9. The quantitative estimate of drug-likeness (QED) is 0.235. The first-order chi connectivity index (χ1) is 23.7. The molecular formula is C43H52N2O5. The van der Waals surface area contributed by atoms with E-state index in [1.165, 1.54) is 21.9 Å². The van der Waals surface area contributed by atoms with Gasteiger partial charge in [-0.1, -0.05) is 94.4 Å². The molecular weight excluding hydrogens is 624 g/mol. The molecule has 2 unspecified atom stereocenters. The van der Waals surface area contributed by atoms with Crippen molar-refractivity contribution in [2.24, 2.45) is 23.7 Å². The van der Waals surface area contributed by atoms with Crippen molar-refractivity contribution in [2.75, 3.05) is 13.2 Å². The Morgan fingerprint density at radius 3 is 1.48 bits per heavy atom. The molecule has 4 heterocycles. The van der Waals surface area contributed by atoms with Crippen molar-refractivity contribution >= 4 is 33.4 Å². The molecule has 7 nitrogen and oxygen atoms in total. The first-order valence-electron chi connectivity index (χ1n) is 18.3. The fourth-order valence-electron chi connectivity index (χ4n) is 9.72. The topological polar surface area (TPSA) is 79.3 Å². The van der Waals surface area contributed by atoms with Gasteiger partial charge in [0.15, 0.2) is 0 Å². The first-order valence-corrected chi connectivity index (χ1v) is 18.3. The SMILES string of the molecule is CC(C)[C@H]1C(=O)N2C(COC2(C)C)[C@H]1c1ccc(O)c2ccccc12.Cc1ccc([C@@H]2C3COC(C)(C)N3C(=O)[C@@H]2C(C)C)c2ccccc12. The number of ether oxygens (including phenoxy) is 2. The van der Waals surface area contributed by atoms with Crippen molar-refractivity contribution in [1.82, 2.24) is 9.80 Å². The van der Waals surface area contributed by atoms with Crippen LogP contribution >= 0.6 is 0 Å². The van der Waals surface area contributed by atoms with E-state index in [-0.39, 0.29) is 59.2 Å². The van der Waals surface area contributed by atoms with Crippen LogP contribution in [0.3, 0.4) is 0 Å². The Balaban J connectivity index is 0.000000157. The third-order valence-corrected chi connectivity index (χ3v) is 12.0. The summed E-state index contributed by atoms with van der Waals surface area (Å²) in [5.41, 5.74) is 2.64. The van der Waals surface area contributed by atoms with Crippen molar-refractivity contribution in [3.63, 3.8) is 0 Å². The number of aromatic hydroxyl groups is 1. The van der Waals surface area contributed by atoms with Crippen LogP contribution in [0.1, 0.15) is 83.9 Å². The highest BCUT2D eigenvalue weighted by Crippen LogP contribution is 2.52. The lowest BCUT2D eigenvalue weighted by Gasteiger charge is -2.30. The van der Waals surface area contributed by atoms with Crippen molar-refractivity contribution in [3.05, 3.63) is 89.5 Å². The van der Waals surface area contributed by atoms with E-state index in [1.54, 1.807) is 6.07 Å². The molecule has 4 aromatic carbocycles. The number of hydrogen-bond donors (Lipinski definition) is 1. The highest BCUT2D eigenvalue weighted by molar-refractivity contribution is 5.94. The summed E-state index contributed by atoms with van der Waals surface area (Å²) in [7, 11) is 0. The molecule has 1 N–H and O–H groups in total. The van der Waals surface area contributed by atoms with Gasteiger partial charge in [-0.25, -0.2) is 0 Å². The molecule has 4 aliphatic heterocycles. The van der Waals surface area contributed by atoms with E-state index in [2.05, 4.69) is 71.0 Å². The summed E-state index contributed by atoms with van der Waals surface area (Å²) in [6.45, 7) is 19.9. The number of carbonyl (C=O) groups is 2. The minimum Gasteiger partial charge on any atom is -0.507 e. The van der Waals surface area contributed by atoms with Gasteiger partial charge in [0.1, 0.15) is 17.2 Å². The molecule has 0 spiro atoms. The van der Waals surface area contributed by atoms with E-state index in [4.69, 9.17) is 9.47 Å². The predicted molar refractivity (Wildman–Crippen MR) is 198 cm³/mol. The molecule has 6 atom stereocenters. The predicted octanol–water partition coefficient (Wildman–Crippen LogP) is 8.36. The van der Waals surface area contributed by atoms with E-state index in [0.717, 1.165) is 16.3 Å². The average Bonchev–Trinajstić information content (AvgIpc) is 3.76. The summed E-state index contributed by atoms with van der Waals surface area (Å²) < 4.78 is 11.9. The molecule has 0 aromatic heterocycles. The Morgan fingerprint density at radius 2 is 1.02 bits per heavy atom. The van der Waals surface area contributed by atoms with E-state index in [1.807, 2.05) is 67.8 Å². The number of hydrogen-bond acceptors (Lipinski definition) is 5. The number of rotatable bonds is 4. The zero-order valence-electron chi connectivity index (χ0n) is 30.9. The number of carbonyl (C=O) groups excluding carboxylic acids is 2. The van der Waals surface area contributed by atoms with Gasteiger partial charge in [0.25, 0.3) is 0 Å². The van der Waals surface area contributed by atoms with E-state index in [0.29, 0.717) is 19.1 Å². The molecule has 0 aliphatic carbocycles. The standard InChI is InChI=1S/C22H27NO2.C21H25NO3/c1-13(2)19-20(18-12-25-22(4,5)23(18)21(19)24)17-11-10-14(3)15-8-6-7-9-16(15)17;1-12(2)18-19(16-11-25-21(3,4)22(16)20(18)24)15-9-10-17(23)14-8-6-5-7-13(14)15/h6-11,13,18-20H,12H2,1-5H3;5-10,12,16,18-19,23H,11H2,1-4H3/t18?,19-,20-;16?,18-,19-/m11/s1. The Hall–Kier alpha value is -3.94. The lowest BCUT2D eigenvalue weighted by molar-refractivity contribution is -0.147. The fourth-order valence-corrected chi connectivity index (χ4v) is 9.72. The van der Waals surface area contributed by atoms with Gasteiger partial charge in [-0.05, 0) is 85.4 Å². The summed E-state index contributed by atoms with van der Waals surface area (Å²) in [6, 6.07) is 24.8. The van der Waals surface area contributed by atoms with Gasteiger partial charge in [-0.2, -0.15) is 0 Å². The molecule has 4 saturated heterocycles. The maximum atomic E-state index is 13.3. The zero-order valence-corrected chi connectivity index (χ0v) is 30.9. The Labute approximate surface area is 296 Å². The number of nitrogens with zero attached hydrogens (tertiary/aromatic N) is 2. The molecule has 7 heteroatoms. The monoisotopic (exact) mass is 676 g/mol. The number of fused-ring (bicyclic) bond motifs is 4. The van der Waals surface area contributed by atoms with Crippen LogP contribution in [0.2, 0.25) is 0 Å². The number of amides is 2. The molecule has 50 heavy (non-hydrogen) atoms. The van der Waals surface area contributed by atoms with Crippen LogP contribution in [0.5, 0.6) is 5.75 Å². The van der Waals surface area contributed by atoms with Crippen LogP contribution in [0.25, 0.3) is 21.5 Å². The second kappa shape index (κ2) is 12.4. The van der Waals surface area contributed by atoms with Crippen molar-refractivity contribution < 1.29 is 24.2 Å². The van der Waals surface area contributed by atoms with Gasteiger partial charge in [-0.3, -0.25) is 9.59 Å². The van der Waals surface area contributed by atoms with E-state index >= 15 is 0 Å². The first kappa shape index (κ1) is 34.5. The molecule has 8 rings (SSSR count). The van der Waals surface area contributed by atoms with Crippen LogP contribution in [0, 0.1) is 30.6 Å². The summed E-state index contributed by atoms with van der Waals surface area (Å²) >= 11 is 0. The molecule has 264 valence electrons. The number of phenolic OH excluding ortho intramolecular Hbond substituents is 1. The largest absolute Gasteiger partial charge is 0.507 e. The summed E-state index contributed by atoms with van der Waals surface area (Å²) in [4.78, 5) is 30.5. The second-order valence-corrected chi connectivity index (χ2v) is 16.4. The molecule has 4 aromatic rings. The average molecular weight is 677 g/mol. The Kier molecular flexibility index (Phi) is 8.54. The molecule has 0 bridgehead atoms. The minimum absolute atomic E-state index is 0.0132. The van der Waals surface area contributed by atoms with Crippen molar-refractivity contribution in [1.29, 1.82) is 0 Å². The number of phenols is 1. The fraction of sp³-hybridized carbons (Fsp3) is 0.488. The normalized spacial score (nSPS) is 28.1. The van der Waals surface area contributed by atoms with Gasteiger partial charge >= 0.3 is 0 Å². The summed E-state index contributed by atoms with van der Waals surface area (Å²) in [5.74, 6) is 1.46. The maximum absolute atomic E-state index is 13.3. The molecule has 4 aliphatic rings. The minimum atomic E-state index is -0.559. The highest BCUT2D eigenvalue weighted by Gasteiger charge is 2.59. The van der Waals surface area contributed by atoms with Crippen LogP contribution in [0.4, 0.5) is 0 Å². The molecule has 4 fully saturated rings. The van der Waals surface area contributed by atoms with E-state index < -0.39 is 11.4 Å². The van der Waals surface area contributed by atoms with Crippen LogP contribution in [-0.2, 0) is 19.1 Å². The third-order valence-electron chi connectivity index (χ3n) is 12.0. The van der Waals surface area contributed by atoms with Crippen molar-refractivity contribution in [2.45, 2.75) is 97.7 Å². The van der Waals surface area contributed by atoms with Gasteiger partial charge in [0, 0.05) is 29.1 Å². The van der Waals surface area contributed by atoms with Crippen molar-refractivity contribution in [3.8, 4) is 5.75 Å². The molecule has 2 amide bonds. The molecule has 0 saturated carbocycles. The van der Waals surface area contributed by atoms with Gasteiger partial charge in [0.05, 0.1) is 25.3 Å². The Bertz CT molecular complexity index is 1820. The number of benzene rings is 4.